The van der Waals surface area contributed by atoms with Crippen LogP contribution in [0.2, 0.25) is 0 Å². The van der Waals surface area contributed by atoms with Gasteiger partial charge in [-0.3, -0.25) is 4.79 Å². The standard InChI is InChI=1S/C24H30N4O.C2H6/c1-2-20-21-16-18(25)8-11-22(21)27-23(20)24(29)26-13-12-17-6-9-19(10-7-17)28-14-4-3-5-15-28;1-2/h6-11,16,27H,2-5,12-15,25H2,1H3,(H,26,29);1-2H3. The molecule has 2 aromatic carbocycles. The van der Waals surface area contributed by atoms with Gasteiger partial charge < -0.3 is 20.9 Å². The molecule has 0 atom stereocenters. The van der Waals surface area contributed by atoms with Gasteiger partial charge in [0.05, 0.1) is 0 Å². The van der Waals surface area contributed by atoms with Crippen LogP contribution in [0.3, 0.4) is 0 Å². The lowest BCUT2D eigenvalue weighted by atomic mass is 10.1. The monoisotopic (exact) mass is 420 g/mol. The van der Waals surface area contributed by atoms with Gasteiger partial charge in [-0.2, -0.15) is 0 Å². The van der Waals surface area contributed by atoms with Crippen LogP contribution in [-0.2, 0) is 12.8 Å². The Morgan fingerprint density at radius 1 is 1.06 bits per heavy atom. The van der Waals surface area contributed by atoms with E-state index in [9.17, 15) is 4.79 Å². The van der Waals surface area contributed by atoms with Crippen LogP contribution in [-0.4, -0.2) is 30.5 Å². The van der Waals surface area contributed by atoms with E-state index in [-0.39, 0.29) is 5.91 Å². The normalized spacial score (nSPS) is 13.6. The number of aromatic nitrogens is 1. The van der Waals surface area contributed by atoms with Crippen LogP contribution in [0.5, 0.6) is 0 Å². The van der Waals surface area contributed by atoms with Crippen molar-refractivity contribution in [2.24, 2.45) is 0 Å². The number of nitrogens with two attached hydrogens (primary N) is 1. The molecule has 4 N–H and O–H groups in total. The van der Waals surface area contributed by atoms with E-state index in [4.69, 9.17) is 5.73 Å². The van der Waals surface area contributed by atoms with Crippen LogP contribution in [0.1, 0.15) is 61.6 Å². The third-order valence-electron chi connectivity index (χ3n) is 5.87. The van der Waals surface area contributed by atoms with Crippen LogP contribution >= 0.6 is 0 Å². The number of hydrogen-bond donors (Lipinski definition) is 3. The molecule has 4 rings (SSSR count). The number of aromatic amines is 1. The number of fused-ring (bicyclic) bond motifs is 1. The summed E-state index contributed by atoms with van der Waals surface area (Å²) in [6.07, 6.45) is 5.52. The van der Waals surface area contributed by atoms with Gasteiger partial charge in [-0.15, -0.1) is 0 Å². The topological polar surface area (TPSA) is 74.2 Å². The van der Waals surface area contributed by atoms with Gasteiger partial charge in [0.15, 0.2) is 0 Å². The van der Waals surface area contributed by atoms with E-state index < -0.39 is 0 Å². The zero-order valence-electron chi connectivity index (χ0n) is 19.1. The van der Waals surface area contributed by atoms with E-state index in [2.05, 4.69) is 46.4 Å². The van der Waals surface area contributed by atoms with Gasteiger partial charge in [0.25, 0.3) is 5.91 Å². The number of rotatable bonds is 6. The number of aryl methyl sites for hydroxylation is 1. The van der Waals surface area contributed by atoms with E-state index in [1.807, 2.05) is 32.0 Å². The molecule has 0 saturated carbocycles. The Hall–Kier alpha value is -2.95. The molecular weight excluding hydrogens is 384 g/mol. The lowest BCUT2D eigenvalue weighted by molar-refractivity contribution is 0.0949. The molecule has 1 fully saturated rings. The molecule has 31 heavy (non-hydrogen) atoms. The third-order valence-corrected chi connectivity index (χ3v) is 5.87. The number of anilines is 2. The molecule has 1 aliphatic heterocycles. The first-order valence-corrected chi connectivity index (χ1v) is 11.7. The number of nitrogen functional groups attached to an aromatic ring is 1. The number of hydrogen-bond acceptors (Lipinski definition) is 3. The number of carbonyl (C=O) groups excluding carboxylic acids is 1. The fourth-order valence-electron chi connectivity index (χ4n) is 4.26. The van der Waals surface area contributed by atoms with Gasteiger partial charge in [0.1, 0.15) is 5.69 Å². The number of nitrogens with one attached hydrogen (secondary N) is 2. The number of piperidine rings is 1. The van der Waals surface area contributed by atoms with Crippen molar-refractivity contribution in [3.05, 3.63) is 59.3 Å². The number of benzene rings is 2. The maximum Gasteiger partial charge on any atom is 0.268 e. The molecule has 166 valence electrons. The van der Waals surface area contributed by atoms with E-state index in [0.717, 1.165) is 42.4 Å². The van der Waals surface area contributed by atoms with Crippen molar-refractivity contribution < 1.29 is 4.79 Å². The van der Waals surface area contributed by atoms with Gasteiger partial charge in [0.2, 0.25) is 0 Å². The second kappa shape index (κ2) is 10.9. The molecule has 0 unspecified atom stereocenters. The minimum atomic E-state index is -0.0541. The van der Waals surface area contributed by atoms with Gasteiger partial charge in [-0.05, 0) is 73.6 Å². The summed E-state index contributed by atoms with van der Waals surface area (Å²) >= 11 is 0. The molecule has 1 amide bonds. The molecule has 1 aliphatic rings. The Kier molecular flexibility index (Phi) is 7.99. The summed E-state index contributed by atoms with van der Waals surface area (Å²) in [5.41, 5.74) is 11.8. The summed E-state index contributed by atoms with van der Waals surface area (Å²) in [5, 5.41) is 4.10. The molecule has 3 aromatic rings. The summed E-state index contributed by atoms with van der Waals surface area (Å²) in [7, 11) is 0. The van der Waals surface area contributed by atoms with Crippen molar-refractivity contribution in [1.29, 1.82) is 0 Å². The molecule has 5 heteroatoms. The fourth-order valence-corrected chi connectivity index (χ4v) is 4.26. The van der Waals surface area contributed by atoms with Gasteiger partial charge >= 0.3 is 0 Å². The van der Waals surface area contributed by atoms with Gasteiger partial charge in [-0.1, -0.05) is 32.9 Å². The molecule has 5 nitrogen and oxygen atoms in total. The molecular formula is C26H36N4O. The molecule has 1 saturated heterocycles. The summed E-state index contributed by atoms with van der Waals surface area (Å²) in [6.45, 7) is 8.99. The Bertz CT molecular complexity index is 985. The van der Waals surface area contributed by atoms with Crippen molar-refractivity contribution in [3.63, 3.8) is 0 Å². The highest BCUT2D eigenvalue weighted by atomic mass is 16.1. The van der Waals surface area contributed by atoms with Crippen LogP contribution in [0.4, 0.5) is 11.4 Å². The van der Waals surface area contributed by atoms with Gasteiger partial charge in [0, 0.05) is 41.9 Å². The highest BCUT2D eigenvalue weighted by molar-refractivity contribution is 6.01. The highest BCUT2D eigenvalue weighted by Crippen LogP contribution is 2.25. The predicted molar refractivity (Wildman–Crippen MR) is 132 cm³/mol. The lowest BCUT2D eigenvalue weighted by Gasteiger charge is -2.28. The minimum absolute atomic E-state index is 0.0541. The number of amides is 1. The van der Waals surface area contributed by atoms with Crippen LogP contribution in [0.15, 0.2) is 42.5 Å². The third kappa shape index (κ3) is 5.40. The summed E-state index contributed by atoms with van der Waals surface area (Å²) < 4.78 is 0. The average Bonchev–Trinajstić information content (AvgIpc) is 3.19. The fraction of sp³-hybridized carbons (Fsp3) is 0.423. The first-order valence-electron chi connectivity index (χ1n) is 11.7. The molecule has 0 spiro atoms. The van der Waals surface area contributed by atoms with Crippen molar-refractivity contribution >= 4 is 28.2 Å². The zero-order chi connectivity index (χ0) is 22.2. The first kappa shape index (κ1) is 22.7. The summed E-state index contributed by atoms with van der Waals surface area (Å²) in [5.74, 6) is -0.0541. The van der Waals surface area contributed by atoms with Gasteiger partial charge in [-0.25, -0.2) is 0 Å². The van der Waals surface area contributed by atoms with Crippen molar-refractivity contribution in [2.75, 3.05) is 30.3 Å². The Morgan fingerprint density at radius 3 is 2.45 bits per heavy atom. The Balaban J connectivity index is 0.00000132. The maximum absolute atomic E-state index is 12.7. The minimum Gasteiger partial charge on any atom is -0.399 e. The van der Waals surface area contributed by atoms with Crippen molar-refractivity contribution in [2.45, 2.75) is 52.9 Å². The molecule has 1 aromatic heterocycles. The first-order chi connectivity index (χ1) is 15.2. The van der Waals surface area contributed by atoms with E-state index >= 15 is 0 Å². The van der Waals surface area contributed by atoms with Crippen molar-refractivity contribution in [1.82, 2.24) is 10.3 Å². The number of H-pyrrole nitrogens is 1. The maximum atomic E-state index is 12.7. The molecule has 0 aliphatic carbocycles. The predicted octanol–water partition coefficient (Wildman–Crippen LogP) is 5.30. The zero-order valence-corrected chi connectivity index (χ0v) is 19.1. The molecule has 0 bridgehead atoms. The highest BCUT2D eigenvalue weighted by Gasteiger charge is 2.16. The van der Waals surface area contributed by atoms with Crippen LogP contribution < -0.4 is 16.0 Å². The molecule has 0 radical (unpaired) electrons. The van der Waals surface area contributed by atoms with Crippen LogP contribution in [0, 0.1) is 0 Å². The number of nitrogens with zero attached hydrogens (tertiary/aromatic N) is 1. The largest absolute Gasteiger partial charge is 0.399 e. The summed E-state index contributed by atoms with van der Waals surface area (Å²) in [6, 6.07) is 14.5. The van der Waals surface area contributed by atoms with Crippen LogP contribution in [0.25, 0.3) is 10.9 Å². The second-order valence-corrected chi connectivity index (χ2v) is 7.86. The van der Waals surface area contributed by atoms with E-state index in [1.165, 1.54) is 30.5 Å². The Labute approximate surface area is 186 Å². The molecule has 2 heterocycles. The summed E-state index contributed by atoms with van der Waals surface area (Å²) in [4.78, 5) is 18.5. The van der Waals surface area contributed by atoms with E-state index in [0.29, 0.717) is 17.9 Å². The quantitative estimate of drug-likeness (QED) is 0.474. The SMILES string of the molecule is CC.CCc1c(C(=O)NCCc2ccc(N3CCCCC3)cc2)[nH]c2ccc(N)cc12. The number of carbonyl (C=O) groups is 1. The van der Waals surface area contributed by atoms with Crippen molar-refractivity contribution in [3.8, 4) is 0 Å². The smallest absolute Gasteiger partial charge is 0.268 e. The second-order valence-electron chi connectivity index (χ2n) is 7.86. The average molecular weight is 421 g/mol. The lowest BCUT2D eigenvalue weighted by Crippen LogP contribution is -2.29. The Morgan fingerprint density at radius 2 is 1.77 bits per heavy atom. The van der Waals surface area contributed by atoms with E-state index in [1.54, 1.807) is 0 Å².